The van der Waals surface area contributed by atoms with Crippen molar-refractivity contribution in [2.45, 2.75) is 18.4 Å². The summed E-state index contributed by atoms with van der Waals surface area (Å²) in [5.41, 5.74) is -12.2. The smallest absolute Gasteiger partial charge is 0.200 e. The number of halogens is 19. The molecule has 1 aliphatic carbocycles. The molecule has 20 heteroatoms. The highest BCUT2D eigenvalue weighted by Crippen LogP contribution is 2.58. The third-order valence-corrected chi connectivity index (χ3v) is 8.04. The zero-order chi connectivity index (χ0) is 36.0. The number of hydrogen-bond acceptors (Lipinski definition) is 0. The van der Waals surface area contributed by atoms with Gasteiger partial charge in [-0.2, -0.15) is 0 Å². The van der Waals surface area contributed by atoms with Gasteiger partial charge in [-0.15, -0.1) is 16.4 Å². The van der Waals surface area contributed by atoms with E-state index in [0.717, 1.165) is 0 Å². The summed E-state index contributed by atoms with van der Waals surface area (Å²) in [5, 5.41) is -5.23. The van der Waals surface area contributed by atoms with E-state index >= 15 is 43.9 Å². The first-order chi connectivity index (χ1) is 21.6. The molecule has 0 radical (unpaired) electrons. The molecule has 3 aromatic carbocycles. The molecule has 0 aromatic heterocycles. The highest BCUT2D eigenvalue weighted by Gasteiger charge is 2.64. The number of hydrogen-bond donors (Lipinski definition) is 0. The van der Waals surface area contributed by atoms with Crippen molar-refractivity contribution in [1.29, 1.82) is 0 Å². The molecule has 4 rings (SSSR count). The van der Waals surface area contributed by atoms with Crippen LogP contribution in [0.1, 0.15) is 12.5 Å². The Balaban J connectivity index is 2.67. The van der Waals surface area contributed by atoms with E-state index in [-0.39, 0.29) is 6.08 Å². The van der Waals surface area contributed by atoms with Crippen LogP contribution in [0.25, 0.3) is 6.08 Å². The number of alkyl halides is 1. The van der Waals surface area contributed by atoms with Gasteiger partial charge in [0.2, 0.25) is 0 Å². The van der Waals surface area contributed by atoms with Crippen LogP contribution in [-0.2, 0) is 0 Å². The van der Waals surface area contributed by atoms with Gasteiger partial charge in [-0.25, -0.2) is 83.4 Å². The quantitative estimate of drug-likeness (QED) is 0.109. The van der Waals surface area contributed by atoms with Crippen LogP contribution in [0.4, 0.5) is 83.4 Å². The molecule has 0 aliphatic heterocycles. The molecule has 0 N–H and O–H groups in total. The number of rotatable bonds is 5. The van der Waals surface area contributed by atoms with Crippen LogP contribution in [0.15, 0.2) is 29.9 Å². The summed E-state index contributed by atoms with van der Waals surface area (Å²) < 4.78 is 288. The predicted octanol–water partition coefficient (Wildman–Crippen LogP) is 8.16. The van der Waals surface area contributed by atoms with Gasteiger partial charge in [0, 0.05) is 0 Å². The molecule has 2 unspecified atom stereocenters. The zero-order valence-electron chi connectivity index (χ0n) is 22.1. The summed E-state index contributed by atoms with van der Waals surface area (Å²) in [7, 11) is 0. The third kappa shape index (κ3) is 4.21. The van der Waals surface area contributed by atoms with Crippen molar-refractivity contribution in [3.8, 4) is 0 Å². The molecular formula is C27H7BF19-. The first-order valence-electron chi connectivity index (χ1n) is 12.0. The van der Waals surface area contributed by atoms with Crippen LogP contribution < -0.4 is 16.4 Å². The second kappa shape index (κ2) is 11.4. The lowest BCUT2D eigenvalue weighted by molar-refractivity contribution is 0.222. The highest BCUT2D eigenvalue weighted by atomic mass is 19.2. The average molecular weight is 703 g/mol. The van der Waals surface area contributed by atoms with Gasteiger partial charge < -0.3 is 0 Å². The second-order valence-corrected chi connectivity index (χ2v) is 10.1. The van der Waals surface area contributed by atoms with Crippen LogP contribution in [0.5, 0.6) is 0 Å². The van der Waals surface area contributed by atoms with Crippen LogP contribution in [0, 0.1) is 81.4 Å². The Bertz CT molecular complexity index is 1820. The Kier molecular flexibility index (Phi) is 8.60. The van der Waals surface area contributed by atoms with Gasteiger partial charge in [-0.05, 0) is 0 Å². The van der Waals surface area contributed by atoms with Gasteiger partial charge in [0.1, 0.15) is 53.0 Å². The first kappa shape index (κ1) is 35.5. The Hall–Kier alpha value is -4.39. The molecular weight excluding hydrogens is 696 g/mol. The van der Waals surface area contributed by atoms with E-state index in [0.29, 0.717) is 0 Å². The topological polar surface area (TPSA) is 0 Å². The van der Waals surface area contributed by atoms with E-state index in [1.54, 1.807) is 0 Å². The fourth-order valence-electron chi connectivity index (χ4n) is 5.89. The summed E-state index contributed by atoms with van der Waals surface area (Å²) in [6.45, 7) is 2.07. The van der Waals surface area contributed by atoms with Crippen molar-refractivity contribution >= 4 is 28.6 Å². The summed E-state index contributed by atoms with van der Waals surface area (Å²) >= 11 is 0. The summed E-state index contributed by atoms with van der Waals surface area (Å²) in [6.07, 6.45) is -11.9. The van der Waals surface area contributed by atoms with E-state index in [1.807, 2.05) is 0 Å². The molecule has 0 spiro atoms. The first-order valence-corrected chi connectivity index (χ1v) is 12.0. The van der Waals surface area contributed by atoms with Crippen molar-refractivity contribution in [1.82, 2.24) is 0 Å². The lowest BCUT2D eigenvalue weighted by Crippen LogP contribution is -2.80. The van der Waals surface area contributed by atoms with Crippen LogP contribution in [0.3, 0.4) is 0 Å². The molecule has 47 heavy (non-hydrogen) atoms. The van der Waals surface area contributed by atoms with E-state index in [1.165, 1.54) is 0 Å². The molecule has 0 saturated carbocycles. The van der Waals surface area contributed by atoms with Crippen LogP contribution in [0.2, 0.25) is 5.31 Å². The van der Waals surface area contributed by atoms with Gasteiger partial charge >= 0.3 is 0 Å². The molecule has 0 bridgehead atoms. The molecule has 252 valence electrons. The number of allylic oxidation sites excluding steroid dienone is 4. The highest BCUT2D eigenvalue weighted by molar-refractivity contribution is 7.14. The molecule has 3 aromatic rings. The van der Waals surface area contributed by atoms with Gasteiger partial charge in [0.05, 0.1) is 5.56 Å². The average Bonchev–Trinajstić information content (AvgIpc) is 3.04. The van der Waals surface area contributed by atoms with Gasteiger partial charge in [-0.1, -0.05) is 24.9 Å². The molecule has 0 fully saturated rings. The van der Waals surface area contributed by atoms with Crippen molar-refractivity contribution in [3.63, 3.8) is 0 Å². The van der Waals surface area contributed by atoms with E-state index in [9.17, 15) is 39.5 Å². The summed E-state index contributed by atoms with van der Waals surface area (Å²) in [6, 6.07) is 0. The fourth-order valence-corrected chi connectivity index (χ4v) is 5.89. The molecule has 2 atom stereocenters. The van der Waals surface area contributed by atoms with Crippen molar-refractivity contribution in [2.24, 2.45) is 0 Å². The molecule has 0 nitrogen and oxygen atoms in total. The SMILES string of the molecule is C=Cc1c(F)c(F)c([B-](c2c(F)c(F)c(F)c(F)c2F)(c2c(F)c(F)c(F)c(F)c2F)C2(C)C(F)=C(F)C(F)=C(F)C2F)c(F)c1F. The largest absolute Gasteiger partial charge is 0.242 e. The minimum atomic E-state index is -7.06. The maximum Gasteiger partial charge on any atom is 0.200 e. The maximum absolute atomic E-state index is 16.0. The minimum Gasteiger partial charge on any atom is -0.242 e. The lowest BCUT2D eigenvalue weighted by atomic mass is 9.05. The fraction of sp³-hybridized carbons (Fsp3) is 0.111. The van der Waals surface area contributed by atoms with Gasteiger partial charge in [-0.3, -0.25) is 0 Å². The number of benzene rings is 3. The summed E-state index contributed by atoms with van der Waals surface area (Å²) in [4.78, 5) is 0. The lowest BCUT2D eigenvalue weighted by Gasteiger charge is -2.57. The maximum atomic E-state index is 16.0. The zero-order valence-corrected chi connectivity index (χ0v) is 22.1. The molecule has 0 amide bonds. The van der Waals surface area contributed by atoms with Gasteiger partial charge in [0.15, 0.2) is 64.0 Å². The minimum absolute atomic E-state index is 0.0930. The van der Waals surface area contributed by atoms with E-state index in [2.05, 4.69) is 6.58 Å². The van der Waals surface area contributed by atoms with E-state index < -0.39 is 151 Å². The van der Waals surface area contributed by atoms with E-state index in [4.69, 9.17) is 0 Å². The Morgan fingerprint density at radius 1 is 0.468 bits per heavy atom. The Labute approximate surface area is 248 Å². The second-order valence-electron chi connectivity index (χ2n) is 10.1. The Morgan fingerprint density at radius 2 is 0.745 bits per heavy atom. The van der Waals surface area contributed by atoms with Gasteiger partial charge in [0.25, 0.3) is 0 Å². The molecule has 0 saturated heterocycles. The normalized spacial score (nSPS) is 18.9. The molecule has 0 heterocycles. The third-order valence-electron chi connectivity index (χ3n) is 8.04. The van der Waals surface area contributed by atoms with Crippen molar-refractivity contribution in [3.05, 3.63) is 117 Å². The Morgan fingerprint density at radius 3 is 1.04 bits per heavy atom. The standard InChI is InChI=1S/C27H7BF19/c1-3-4-8(29)10(31)5(11(32)9(4)30)28(6-12(33)16(37)20(41)17(38)13(6)34,7-14(35)18(39)21(42)19(40)15(7)36)27(2)25(46)23(44)22(43)24(45)26(27)47/h3,25H,1H2,2H3/q-1. The van der Waals surface area contributed by atoms with Crippen LogP contribution >= 0.6 is 0 Å². The van der Waals surface area contributed by atoms with Crippen molar-refractivity contribution < 1.29 is 83.4 Å². The molecule has 1 aliphatic rings. The van der Waals surface area contributed by atoms with Crippen LogP contribution in [-0.4, -0.2) is 12.3 Å². The summed E-state index contributed by atoms with van der Waals surface area (Å²) in [5.74, 6) is -61.0. The predicted molar refractivity (Wildman–Crippen MR) is 125 cm³/mol. The monoisotopic (exact) mass is 703 g/mol. The van der Waals surface area contributed by atoms with Crippen molar-refractivity contribution in [2.75, 3.05) is 0 Å².